The summed E-state index contributed by atoms with van der Waals surface area (Å²) in [4.78, 5) is 13.5. The van der Waals surface area contributed by atoms with Gasteiger partial charge in [-0.3, -0.25) is 0 Å². The number of carbonyl (C=O) groups is 1. The molecule has 1 atom stereocenters. The first kappa shape index (κ1) is 12.6. The third-order valence-corrected chi connectivity index (χ3v) is 2.82. The lowest BCUT2D eigenvalue weighted by molar-refractivity contribution is -0.00653. The fourth-order valence-corrected chi connectivity index (χ4v) is 1.79. The molecule has 0 unspecified atom stereocenters. The average molecular weight is 247 g/mol. The first-order valence-electron chi connectivity index (χ1n) is 5.99. The summed E-state index contributed by atoms with van der Waals surface area (Å²) in [7, 11) is 0. The van der Waals surface area contributed by atoms with E-state index in [0.29, 0.717) is 26.3 Å². The van der Waals surface area contributed by atoms with Crippen LogP contribution in [0.5, 0.6) is 0 Å². The van der Waals surface area contributed by atoms with Crippen LogP contribution in [0, 0.1) is 0 Å². The van der Waals surface area contributed by atoms with Gasteiger partial charge in [0.15, 0.2) is 0 Å². The molecule has 1 heterocycles. The molecule has 0 bridgehead atoms. The van der Waals surface area contributed by atoms with Crippen LogP contribution in [0.2, 0.25) is 0 Å². The molecule has 1 fully saturated rings. The number of hydrogen-bond acceptors (Lipinski definition) is 3. The molecule has 0 spiro atoms. The minimum Gasteiger partial charge on any atom is -0.445 e. The van der Waals surface area contributed by atoms with E-state index in [1.165, 1.54) is 0 Å². The lowest BCUT2D eigenvalue weighted by Gasteiger charge is -2.30. The lowest BCUT2D eigenvalue weighted by Crippen LogP contribution is -2.45. The van der Waals surface area contributed by atoms with Crippen molar-refractivity contribution in [3.63, 3.8) is 0 Å². The van der Waals surface area contributed by atoms with Crippen molar-refractivity contribution in [2.75, 3.05) is 19.7 Å². The predicted octanol–water partition coefficient (Wildman–Crippen LogP) is 2.21. The van der Waals surface area contributed by atoms with Crippen molar-refractivity contribution >= 4 is 6.09 Å². The summed E-state index contributed by atoms with van der Waals surface area (Å²) in [6.45, 7) is 5.57. The molecule has 18 heavy (non-hydrogen) atoms. The normalized spacial score (nSPS) is 19.3. The fraction of sp³-hybridized carbons (Fsp3) is 0.357. The van der Waals surface area contributed by atoms with Crippen molar-refractivity contribution in [1.82, 2.24) is 4.90 Å². The SMILES string of the molecule is C=C[C@@H]1CN(C(=O)OCc2ccccc2)CCO1. The quantitative estimate of drug-likeness (QED) is 0.769. The maximum atomic E-state index is 11.8. The Hall–Kier alpha value is -1.81. The minimum atomic E-state index is -0.297. The summed E-state index contributed by atoms with van der Waals surface area (Å²) in [5.41, 5.74) is 0.986. The van der Waals surface area contributed by atoms with Crippen molar-refractivity contribution < 1.29 is 14.3 Å². The Morgan fingerprint density at radius 3 is 3.00 bits per heavy atom. The van der Waals surface area contributed by atoms with Crippen LogP contribution in [0.1, 0.15) is 5.56 Å². The molecule has 0 aromatic heterocycles. The molecular weight excluding hydrogens is 230 g/mol. The molecule has 1 aliphatic rings. The van der Waals surface area contributed by atoms with E-state index < -0.39 is 0 Å². The van der Waals surface area contributed by atoms with Crippen LogP contribution >= 0.6 is 0 Å². The summed E-state index contributed by atoms with van der Waals surface area (Å²) in [6, 6.07) is 9.64. The van der Waals surface area contributed by atoms with Gasteiger partial charge in [-0.15, -0.1) is 6.58 Å². The Balaban J connectivity index is 1.82. The highest BCUT2D eigenvalue weighted by molar-refractivity contribution is 5.67. The maximum absolute atomic E-state index is 11.8. The summed E-state index contributed by atoms with van der Waals surface area (Å²) in [5, 5.41) is 0. The van der Waals surface area contributed by atoms with Crippen LogP contribution in [0.25, 0.3) is 0 Å². The second kappa shape index (κ2) is 6.21. The van der Waals surface area contributed by atoms with Crippen molar-refractivity contribution in [2.24, 2.45) is 0 Å². The zero-order chi connectivity index (χ0) is 12.8. The van der Waals surface area contributed by atoms with E-state index >= 15 is 0 Å². The van der Waals surface area contributed by atoms with E-state index in [9.17, 15) is 4.79 Å². The summed E-state index contributed by atoms with van der Waals surface area (Å²) >= 11 is 0. The molecular formula is C14H17NO3. The topological polar surface area (TPSA) is 38.8 Å². The van der Waals surface area contributed by atoms with Gasteiger partial charge in [0.2, 0.25) is 0 Å². The zero-order valence-electron chi connectivity index (χ0n) is 10.2. The molecule has 1 aliphatic heterocycles. The number of amides is 1. The van der Waals surface area contributed by atoms with Gasteiger partial charge in [-0.05, 0) is 5.56 Å². The molecule has 1 aromatic rings. The Labute approximate surface area is 107 Å². The standard InChI is InChI=1S/C14H17NO3/c1-2-13-10-15(8-9-17-13)14(16)18-11-12-6-4-3-5-7-12/h2-7,13H,1,8-11H2/t13-/m1/s1. The second-order valence-corrected chi connectivity index (χ2v) is 4.13. The fourth-order valence-electron chi connectivity index (χ4n) is 1.79. The Bertz CT molecular complexity index is 405. The van der Waals surface area contributed by atoms with Gasteiger partial charge in [0.1, 0.15) is 6.61 Å². The van der Waals surface area contributed by atoms with E-state index in [0.717, 1.165) is 5.56 Å². The van der Waals surface area contributed by atoms with Crippen LogP contribution in [-0.4, -0.2) is 36.8 Å². The first-order chi connectivity index (χ1) is 8.79. The van der Waals surface area contributed by atoms with E-state index in [-0.39, 0.29) is 12.2 Å². The van der Waals surface area contributed by atoms with Gasteiger partial charge in [0, 0.05) is 6.54 Å². The number of benzene rings is 1. The maximum Gasteiger partial charge on any atom is 0.410 e. The highest BCUT2D eigenvalue weighted by Gasteiger charge is 2.23. The molecule has 0 saturated carbocycles. The highest BCUT2D eigenvalue weighted by Crippen LogP contribution is 2.09. The Morgan fingerprint density at radius 2 is 2.28 bits per heavy atom. The molecule has 4 nitrogen and oxygen atoms in total. The molecule has 2 rings (SSSR count). The van der Waals surface area contributed by atoms with Crippen LogP contribution in [0.4, 0.5) is 4.79 Å². The number of rotatable bonds is 3. The van der Waals surface area contributed by atoms with Crippen LogP contribution in [0.15, 0.2) is 43.0 Å². The van der Waals surface area contributed by atoms with Gasteiger partial charge in [-0.25, -0.2) is 4.79 Å². The molecule has 4 heteroatoms. The van der Waals surface area contributed by atoms with E-state index in [1.807, 2.05) is 30.3 Å². The number of morpholine rings is 1. The number of nitrogens with zero attached hydrogens (tertiary/aromatic N) is 1. The van der Waals surface area contributed by atoms with E-state index in [1.54, 1.807) is 11.0 Å². The van der Waals surface area contributed by atoms with Crippen molar-refractivity contribution in [3.8, 4) is 0 Å². The summed E-state index contributed by atoms with van der Waals surface area (Å²) in [6.07, 6.45) is 1.31. The summed E-state index contributed by atoms with van der Waals surface area (Å²) in [5.74, 6) is 0. The molecule has 1 aromatic carbocycles. The van der Waals surface area contributed by atoms with Gasteiger partial charge in [0.05, 0.1) is 19.3 Å². The van der Waals surface area contributed by atoms with Crippen LogP contribution in [-0.2, 0) is 16.1 Å². The lowest BCUT2D eigenvalue weighted by atomic mass is 10.2. The smallest absolute Gasteiger partial charge is 0.410 e. The van der Waals surface area contributed by atoms with E-state index in [2.05, 4.69) is 6.58 Å². The van der Waals surface area contributed by atoms with Crippen LogP contribution < -0.4 is 0 Å². The van der Waals surface area contributed by atoms with Crippen LogP contribution in [0.3, 0.4) is 0 Å². The summed E-state index contributed by atoms with van der Waals surface area (Å²) < 4.78 is 10.7. The Morgan fingerprint density at radius 1 is 1.50 bits per heavy atom. The number of hydrogen-bond donors (Lipinski definition) is 0. The molecule has 1 amide bonds. The predicted molar refractivity (Wildman–Crippen MR) is 68.1 cm³/mol. The molecule has 0 N–H and O–H groups in total. The monoisotopic (exact) mass is 247 g/mol. The van der Waals surface area contributed by atoms with E-state index in [4.69, 9.17) is 9.47 Å². The van der Waals surface area contributed by atoms with Gasteiger partial charge in [-0.1, -0.05) is 36.4 Å². The van der Waals surface area contributed by atoms with Gasteiger partial charge >= 0.3 is 6.09 Å². The Kier molecular flexibility index (Phi) is 4.36. The third kappa shape index (κ3) is 3.34. The third-order valence-electron chi connectivity index (χ3n) is 2.82. The highest BCUT2D eigenvalue weighted by atomic mass is 16.6. The first-order valence-corrected chi connectivity index (χ1v) is 5.99. The van der Waals surface area contributed by atoms with Crippen molar-refractivity contribution in [1.29, 1.82) is 0 Å². The zero-order valence-corrected chi connectivity index (χ0v) is 10.2. The van der Waals surface area contributed by atoms with Crippen molar-refractivity contribution in [3.05, 3.63) is 48.6 Å². The molecule has 96 valence electrons. The largest absolute Gasteiger partial charge is 0.445 e. The average Bonchev–Trinajstić information content (AvgIpc) is 2.46. The number of ether oxygens (including phenoxy) is 2. The van der Waals surface area contributed by atoms with Gasteiger partial charge in [-0.2, -0.15) is 0 Å². The molecule has 1 saturated heterocycles. The molecule has 0 aliphatic carbocycles. The minimum absolute atomic E-state index is 0.0944. The molecule has 0 radical (unpaired) electrons. The number of carbonyl (C=O) groups excluding carboxylic acids is 1. The van der Waals surface area contributed by atoms with Gasteiger partial charge < -0.3 is 14.4 Å². The second-order valence-electron chi connectivity index (χ2n) is 4.13. The van der Waals surface area contributed by atoms with Crippen molar-refractivity contribution in [2.45, 2.75) is 12.7 Å². The van der Waals surface area contributed by atoms with Gasteiger partial charge in [0.25, 0.3) is 0 Å².